The van der Waals surface area contributed by atoms with Gasteiger partial charge in [-0.05, 0) is 19.3 Å². The molecule has 0 bridgehead atoms. The summed E-state index contributed by atoms with van der Waals surface area (Å²) >= 11 is 0. The van der Waals surface area contributed by atoms with Crippen LogP contribution in [0, 0.1) is 5.92 Å². The molecule has 1 aliphatic heterocycles. The van der Waals surface area contributed by atoms with Crippen LogP contribution in [0.1, 0.15) is 26.0 Å². The van der Waals surface area contributed by atoms with Crippen LogP contribution in [0.3, 0.4) is 0 Å². The van der Waals surface area contributed by atoms with Gasteiger partial charge in [-0.3, -0.25) is 5.43 Å². The van der Waals surface area contributed by atoms with Gasteiger partial charge in [0.15, 0.2) is 5.69 Å². The Morgan fingerprint density at radius 1 is 1.37 bits per heavy atom. The van der Waals surface area contributed by atoms with Crippen LogP contribution in [0.25, 0.3) is 0 Å². The van der Waals surface area contributed by atoms with Gasteiger partial charge in [0.05, 0.1) is 0 Å². The monoisotopic (exact) mass is 275 g/mol. The number of hydrazine groups is 1. The molecule has 2 atom stereocenters. The van der Waals surface area contributed by atoms with Gasteiger partial charge in [0.25, 0.3) is 0 Å². The summed E-state index contributed by atoms with van der Waals surface area (Å²) in [7, 11) is 0. The lowest BCUT2D eigenvalue weighted by Gasteiger charge is -2.23. The zero-order chi connectivity index (χ0) is 14.2. The Morgan fingerprint density at radius 2 is 2.05 bits per heavy atom. The topological polar surface area (TPSA) is 67.1 Å². The predicted octanol–water partition coefficient (Wildman–Crippen LogP) is 2.02. The summed E-state index contributed by atoms with van der Waals surface area (Å²) in [6.07, 6.45) is -3.59. The van der Waals surface area contributed by atoms with Crippen LogP contribution in [-0.4, -0.2) is 22.6 Å². The highest BCUT2D eigenvalue weighted by Crippen LogP contribution is 2.33. The highest BCUT2D eigenvalue weighted by Gasteiger charge is 2.35. The number of rotatable bonds is 2. The number of nitrogens with one attached hydrogen (secondary N) is 1. The minimum Gasteiger partial charge on any atom is -0.353 e. The van der Waals surface area contributed by atoms with E-state index in [-0.39, 0.29) is 17.8 Å². The molecule has 0 spiro atoms. The molecule has 106 valence electrons. The van der Waals surface area contributed by atoms with E-state index < -0.39 is 11.9 Å². The van der Waals surface area contributed by atoms with Crippen molar-refractivity contribution in [2.45, 2.75) is 32.5 Å². The Bertz CT molecular complexity index is 462. The molecule has 0 radical (unpaired) electrons. The van der Waals surface area contributed by atoms with E-state index in [0.717, 1.165) is 12.5 Å². The second kappa shape index (κ2) is 4.84. The first-order valence-electron chi connectivity index (χ1n) is 6.00. The summed E-state index contributed by atoms with van der Waals surface area (Å²) < 4.78 is 38.3. The third-order valence-electron chi connectivity index (χ3n) is 3.21. The summed E-state index contributed by atoms with van der Waals surface area (Å²) in [5, 5.41) is 0. The van der Waals surface area contributed by atoms with E-state index in [1.54, 1.807) is 0 Å². The molecule has 5 nitrogen and oxygen atoms in total. The van der Waals surface area contributed by atoms with Crippen LogP contribution >= 0.6 is 0 Å². The summed E-state index contributed by atoms with van der Waals surface area (Å²) in [4.78, 5) is 9.20. The molecular formula is C11H16F3N5. The fraction of sp³-hybridized carbons (Fsp3) is 0.636. The molecule has 0 aromatic carbocycles. The van der Waals surface area contributed by atoms with E-state index in [2.05, 4.69) is 22.3 Å². The lowest BCUT2D eigenvalue weighted by molar-refractivity contribution is -0.141. The number of aromatic nitrogens is 2. The molecule has 0 aliphatic carbocycles. The third-order valence-corrected chi connectivity index (χ3v) is 3.21. The maximum absolute atomic E-state index is 12.8. The van der Waals surface area contributed by atoms with Crippen molar-refractivity contribution >= 4 is 11.8 Å². The number of nitrogens with zero attached hydrogens (tertiary/aromatic N) is 3. The van der Waals surface area contributed by atoms with Gasteiger partial charge >= 0.3 is 6.18 Å². The van der Waals surface area contributed by atoms with Crippen LogP contribution in [-0.2, 0) is 6.18 Å². The molecule has 19 heavy (non-hydrogen) atoms. The van der Waals surface area contributed by atoms with Gasteiger partial charge in [-0.1, -0.05) is 6.92 Å². The summed E-state index contributed by atoms with van der Waals surface area (Å²) in [5.74, 6) is 5.59. The normalized spacial score (nSPS) is 23.8. The Labute approximate surface area is 109 Å². The lowest BCUT2D eigenvalue weighted by atomic mass is 10.1. The van der Waals surface area contributed by atoms with Crippen LogP contribution < -0.4 is 16.2 Å². The van der Waals surface area contributed by atoms with E-state index in [9.17, 15) is 13.2 Å². The molecule has 1 saturated heterocycles. The average Bonchev–Trinajstić information content (AvgIpc) is 2.66. The van der Waals surface area contributed by atoms with E-state index in [1.807, 2.05) is 11.8 Å². The number of alkyl halides is 3. The van der Waals surface area contributed by atoms with Crippen molar-refractivity contribution in [3.05, 3.63) is 11.8 Å². The van der Waals surface area contributed by atoms with Crippen molar-refractivity contribution in [2.24, 2.45) is 11.8 Å². The molecule has 3 N–H and O–H groups in total. The number of anilines is 2. The zero-order valence-electron chi connectivity index (χ0n) is 10.7. The molecular weight excluding hydrogens is 259 g/mol. The van der Waals surface area contributed by atoms with Crippen molar-refractivity contribution in [1.29, 1.82) is 0 Å². The highest BCUT2D eigenvalue weighted by atomic mass is 19.4. The number of halogens is 3. The minimum absolute atomic E-state index is 0.150. The number of nitrogens with two attached hydrogens (primary N) is 1. The Balaban J connectivity index is 2.40. The van der Waals surface area contributed by atoms with Crippen molar-refractivity contribution in [3.8, 4) is 0 Å². The van der Waals surface area contributed by atoms with E-state index in [4.69, 9.17) is 5.84 Å². The SMILES string of the molecule is CC1CC(C)N(c2cc(C(F)(F)F)nc(NN)n2)C1. The fourth-order valence-electron chi connectivity index (χ4n) is 2.41. The maximum Gasteiger partial charge on any atom is 0.433 e. The van der Waals surface area contributed by atoms with E-state index in [0.29, 0.717) is 12.5 Å². The van der Waals surface area contributed by atoms with Crippen LogP contribution in [0.4, 0.5) is 24.9 Å². The molecule has 0 amide bonds. The van der Waals surface area contributed by atoms with Gasteiger partial charge in [-0.15, -0.1) is 0 Å². The lowest BCUT2D eigenvalue weighted by Crippen LogP contribution is -2.29. The zero-order valence-corrected chi connectivity index (χ0v) is 10.7. The van der Waals surface area contributed by atoms with Gasteiger partial charge in [0, 0.05) is 18.7 Å². The average molecular weight is 275 g/mol. The third kappa shape index (κ3) is 2.89. The van der Waals surface area contributed by atoms with Crippen molar-refractivity contribution in [3.63, 3.8) is 0 Å². The van der Waals surface area contributed by atoms with Crippen LogP contribution in [0.2, 0.25) is 0 Å². The molecule has 1 aliphatic rings. The second-order valence-corrected chi connectivity index (χ2v) is 4.92. The van der Waals surface area contributed by atoms with Crippen LogP contribution in [0.5, 0.6) is 0 Å². The summed E-state index contributed by atoms with van der Waals surface area (Å²) in [6.45, 7) is 4.71. The standard InChI is InChI=1S/C11H16F3N5/c1-6-3-7(2)19(5-6)9-4-8(11(12,13)14)16-10(17-9)18-15/h4,6-7H,3,5,15H2,1-2H3,(H,16,17,18). The molecule has 1 fully saturated rings. The minimum atomic E-state index is -4.52. The Kier molecular flexibility index (Phi) is 3.53. The molecule has 2 rings (SSSR count). The van der Waals surface area contributed by atoms with Gasteiger partial charge in [-0.25, -0.2) is 10.8 Å². The van der Waals surface area contributed by atoms with Gasteiger partial charge in [-0.2, -0.15) is 18.2 Å². The number of nitrogen functional groups attached to an aromatic ring is 1. The maximum atomic E-state index is 12.8. The summed E-state index contributed by atoms with van der Waals surface area (Å²) in [5.41, 5.74) is 1.09. The summed E-state index contributed by atoms with van der Waals surface area (Å²) in [6, 6.07) is 1.12. The highest BCUT2D eigenvalue weighted by molar-refractivity contribution is 5.47. The van der Waals surface area contributed by atoms with Crippen LogP contribution in [0.15, 0.2) is 6.07 Å². The van der Waals surface area contributed by atoms with Gasteiger partial charge in [0.2, 0.25) is 5.95 Å². The quantitative estimate of drug-likeness (QED) is 0.638. The molecule has 8 heteroatoms. The van der Waals surface area contributed by atoms with Crippen molar-refractivity contribution in [1.82, 2.24) is 9.97 Å². The molecule has 1 aromatic heterocycles. The van der Waals surface area contributed by atoms with Crippen molar-refractivity contribution in [2.75, 3.05) is 16.9 Å². The fourth-order valence-corrected chi connectivity index (χ4v) is 2.41. The molecule has 0 saturated carbocycles. The number of hydrogen-bond donors (Lipinski definition) is 2. The van der Waals surface area contributed by atoms with Gasteiger partial charge < -0.3 is 4.90 Å². The molecule has 1 aromatic rings. The smallest absolute Gasteiger partial charge is 0.353 e. The van der Waals surface area contributed by atoms with E-state index in [1.165, 1.54) is 0 Å². The largest absolute Gasteiger partial charge is 0.433 e. The van der Waals surface area contributed by atoms with Crippen molar-refractivity contribution < 1.29 is 13.2 Å². The first-order valence-corrected chi connectivity index (χ1v) is 6.00. The predicted molar refractivity (Wildman–Crippen MR) is 65.4 cm³/mol. The first kappa shape index (κ1) is 13.9. The Morgan fingerprint density at radius 3 is 2.53 bits per heavy atom. The van der Waals surface area contributed by atoms with E-state index >= 15 is 0 Å². The second-order valence-electron chi connectivity index (χ2n) is 4.92. The molecule has 2 unspecified atom stereocenters. The van der Waals surface area contributed by atoms with Gasteiger partial charge in [0.1, 0.15) is 5.82 Å². The number of hydrogen-bond acceptors (Lipinski definition) is 5. The molecule has 2 heterocycles. The Hall–Kier alpha value is -1.57. The first-order chi connectivity index (χ1) is 8.81.